The summed E-state index contributed by atoms with van der Waals surface area (Å²) in [7, 11) is 0. The van der Waals surface area contributed by atoms with Crippen LogP contribution in [-0.4, -0.2) is 0 Å². The maximum atomic E-state index is 13.6. The zero-order valence-corrected chi connectivity index (χ0v) is 7.34. The van der Waals surface area contributed by atoms with E-state index in [-0.39, 0.29) is 5.82 Å². The van der Waals surface area contributed by atoms with Gasteiger partial charge >= 0.3 is 0 Å². The van der Waals surface area contributed by atoms with Crippen molar-refractivity contribution in [2.24, 2.45) is 0 Å². The van der Waals surface area contributed by atoms with Gasteiger partial charge in [-0.25, -0.2) is 4.39 Å². The lowest BCUT2D eigenvalue weighted by Crippen LogP contribution is -1.91. The topological polar surface area (TPSA) is 26.0 Å². The molecule has 1 nitrogen and oxygen atoms in total. The maximum absolute atomic E-state index is 13.6. The second-order valence-electron chi connectivity index (χ2n) is 3.14. The van der Waals surface area contributed by atoms with E-state index in [0.29, 0.717) is 16.6 Å². The van der Waals surface area contributed by atoms with Gasteiger partial charge in [0, 0.05) is 11.1 Å². The van der Waals surface area contributed by atoms with Crippen LogP contribution in [0.15, 0.2) is 30.3 Å². The maximum Gasteiger partial charge on any atom is 0.136 e. The molecule has 66 valence electrons. The summed E-state index contributed by atoms with van der Waals surface area (Å²) in [5.74, 6) is -0.212. The van der Waals surface area contributed by atoms with E-state index in [1.54, 1.807) is 19.1 Å². The van der Waals surface area contributed by atoms with Crippen LogP contribution in [0.25, 0.3) is 10.8 Å². The summed E-state index contributed by atoms with van der Waals surface area (Å²) in [5, 5.41) is 1.38. The van der Waals surface area contributed by atoms with Gasteiger partial charge in [-0.1, -0.05) is 24.3 Å². The van der Waals surface area contributed by atoms with Crippen molar-refractivity contribution in [2.75, 3.05) is 5.73 Å². The van der Waals surface area contributed by atoms with Gasteiger partial charge in [0.1, 0.15) is 5.82 Å². The molecule has 2 heteroatoms. The molecular weight excluding hydrogens is 165 g/mol. The molecule has 2 rings (SSSR count). The molecule has 0 spiro atoms. The van der Waals surface area contributed by atoms with Gasteiger partial charge in [-0.2, -0.15) is 0 Å². The highest BCUT2D eigenvalue weighted by molar-refractivity contribution is 5.93. The lowest BCUT2D eigenvalue weighted by atomic mass is 10.1. The van der Waals surface area contributed by atoms with Crippen LogP contribution in [0.2, 0.25) is 0 Å². The van der Waals surface area contributed by atoms with E-state index in [1.807, 2.05) is 18.2 Å². The van der Waals surface area contributed by atoms with Crippen LogP contribution in [0.5, 0.6) is 0 Å². The molecule has 0 saturated carbocycles. The standard InChI is InChI=1S/C11H10FN/c1-7-5-6-8-3-2-4-9(13)10(8)11(7)12/h2-6H,13H2,1H3. The minimum absolute atomic E-state index is 0.212. The SMILES string of the molecule is Cc1ccc2cccc(N)c2c1F. The molecule has 0 radical (unpaired) electrons. The molecule has 2 aromatic carbocycles. The largest absolute Gasteiger partial charge is 0.398 e. The van der Waals surface area contributed by atoms with Crippen LogP contribution in [-0.2, 0) is 0 Å². The number of rotatable bonds is 0. The molecule has 2 N–H and O–H groups in total. The normalized spacial score (nSPS) is 10.6. The minimum Gasteiger partial charge on any atom is -0.398 e. The van der Waals surface area contributed by atoms with Gasteiger partial charge in [0.2, 0.25) is 0 Å². The molecule has 13 heavy (non-hydrogen) atoms. The second kappa shape index (κ2) is 2.73. The van der Waals surface area contributed by atoms with E-state index in [2.05, 4.69) is 0 Å². The number of hydrogen-bond donors (Lipinski definition) is 1. The zero-order valence-electron chi connectivity index (χ0n) is 7.34. The third-order valence-electron chi connectivity index (χ3n) is 2.21. The molecule has 0 saturated heterocycles. The number of hydrogen-bond acceptors (Lipinski definition) is 1. The van der Waals surface area contributed by atoms with Crippen molar-refractivity contribution in [2.45, 2.75) is 6.92 Å². The molecule has 2 aromatic rings. The molecule has 0 heterocycles. The average Bonchev–Trinajstić information content (AvgIpc) is 2.12. The monoisotopic (exact) mass is 175 g/mol. The second-order valence-corrected chi connectivity index (χ2v) is 3.14. The third-order valence-corrected chi connectivity index (χ3v) is 2.21. The predicted molar refractivity (Wildman–Crippen MR) is 53.1 cm³/mol. The van der Waals surface area contributed by atoms with E-state index in [4.69, 9.17) is 5.73 Å². The summed E-state index contributed by atoms with van der Waals surface area (Å²) >= 11 is 0. The van der Waals surface area contributed by atoms with Crippen molar-refractivity contribution in [3.63, 3.8) is 0 Å². The fourth-order valence-electron chi connectivity index (χ4n) is 1.47. The van der Waals surface area contributed by atoms with E-state index >= 15 is 0 Å². The predicted octanol–water partition coefficient (Wildman–Crippen LogP) is 2.87. The lowest BCUT2D eigenvalue weighted by Gasteiger charge is -2.04. The van der Waals surface area contributed by atoms with Crippen LogP contribution in [0.3, 0.4) is 0 Å². The zero-order chi connectivity index (χ0) is 9.42. The molecule has 0 aliphatic rings. The fraction of sp³-hybridized carbons (Fsp3) is 0.0909. The Morgan fingerprint density at radius 3 is 2.69 bits per heavy atom. The fourth-order valence-corrected chi connectivity index (χ4v) is 1.47. The van der Waals surface area contributed by atoms with Crippen LogP contribution in [0.4, 0.5) is 10.1 Å². The van der Waals surface area contributed by atoms with Gasteiger partial charge < -0.3 is 5.73 Å². The van der Waals surface area contributed by atoms with E-state index in [0.717, 1.165) is 5.39 Å². The molecule has 0 bridgehead atoms. The Morgan fingerprint density at radius 1 is 1.15 bits per heavy atom. The van der Waals surface area contributed by atoms with Crippen molar-refractivity contribution in [1.29, 1.82) is 0 Å². The van der Waals surface area contributed by atoms with Crippen molar-refractivity contribution in [1.82, 2.24) is 0 Å². The average molecular weight is 175 g/mol. The smallest absolute Gasteiger partial charge is 0.136 e. The Labute approximate surface area is 76.0 Å². The highest BCUT2D eigenvalue weighted by Crippen LogP contribution is 2.25. The molecular formula is C11H10FN. The summed E-state index contributed by atoms with van der Waals surface area (Å²) in [6.45, 7) is 1.74. The molecule has 0 aromatic heterocycles. The number of halogens is 1. The van der Waals surface area contributed by atoms with Crippen LogP contribution in [0, 0.1) is 12.7 Å². The molecule has 0 atom stereocenters. The van der Waals surface area contributed by atoms with Gasteiger partial charge in [0.05, 0.1) is 0 Å². The first-order valence-electron chi connectivity index (χ1n) is 4.13. The van der Waals surface area contributed by atoms with Gasteiger partial charge in [-0.3, -0.25) is 0 Å². The summed E-state index contributed by atoms with van der Waals surface area (Å²) in [5.41, 5.74) is 6.81. The summed E-state index contributed by atoms with van der Waals surface area (Å²) < 4.78 is 13.6. The summed E-state index contributed by atoms with van der Waals surface area (Å²) in [6, 6.07) is 9.03. The Kier molecular flexibility index (Phi) is 1.69. The van der Waals surface area contributed by atoms with Gasteiger partial charge in [-0.05, 0) is 23.9 Å². The molecule has 0 fully saturated rings. The quantitative estimate of drug-likeness (QED) is 0.612. The number of fused-ring (bicyclic) bond motifs is 1. The molecule has 0 unspecified atom stereocenters. The van der Waals surface area contributed by atoms with Crippen molar-refractivity contribution in [3.05, 3.63) is 41.7 Å². The first-order valence-corrected chi connectivity index (χ1v) is 4.13. The number of nitrogen functional groups attached to an aromatic ring is 1. The van der Waals surface area contributed by atoms with Gasteiger partial charge in [-0.15, -0.1) is 0 Å². The Hall–Kier alpha value is -1.57. The lowest BCUT2D eigenvalue weighted by molar-refractivity contribution is 0.631. The number of nitrogens with two attached hydrogens (primary N) is 1. The molecule has 0 aliphatic carbocycles. The summed E-state index contributed by atoms with van der Waals surface area (Å²) in [4.78, 5) is 0. The number of anilines is 1. The first kappa shape index (κ1) is 8.05. The van der Waals surface area contributed by atoms with Gasteiger partial charge in [0.15, 0.2) is 0 Å². The number of benzene rings is 2. The third kappa shape index (κ3) is 1.15. The Balaban J connectivity index is 2.97. The van der Waals surface area contributed by atoms with Crippen LogP contribution >= 0.6 is 0 Å². The van der Waals surface area contributed by atoms with E-state index in [9.17, 15) is 4.39 Å². The van der Waals surface area contributed by atoms with Crippen molar-refractivity contribution in [3.8, 4) is 0 Å². The minimum atomic E-state index is -0.212. The molecule has 0 aliphatic heterocycles. The van der Waals surface area contributed by atoms with E-state index in [1.165, 1.54) is 0 Å². The Morgan fingerprint density at radius 2 is 1.92 bits per heavy atom. The summed E-state index contributed by atoms with van der Waals surface area (Å²) in [6.07, 6.45) is 0. The van der Waals surface area contributed by atoms with Crippen molar-refractivity contribution < 1.29 is 4.39 Å². The van der Waals surface area contributed by atoms with Crippen LogP contribution < -0.4 is 5.73 Å². The first-order chi connectivity index (χ1) is 6.20. The highest BCUT2D eigenvalue weighted by Gasteiger charge is 2.05. The van der Waals surface area contributed by atoms with E-state index < -0.39 is 0 Å². The van der Waals surface area contributed by atoms with Crippen LogP contribution in [0.1, 0.15) is 5.56 Å². The van der Waals surface area contributed by atoms with Gasteiger partial charge in [0.25, 0.3) is 0 Å². The molecule has 0 amide bonds. The number of aryl methyl sites for hydroxylation is 1. The highest BCUT2D eigenvalue weighted by atomic mass is 19.1. The Bertz CT molecular complexity index is 463. The van der Waals surface area contributed by atoms with Crippen molar-refractivity contribution >= 4 is 16.5 Å².